The quantitative estimate of drug-likeness (QED) is 0.720. The van der Waals surface area contributed by atoms with E-state index in [1.807, 2.05) is 7.05 Å². The van der Waals surface area contributed by atoms with E-state index in [2.05, 4.69) is 24.1 Å². The minimum Gasteiger partial charge on any atom is -0.468 e. The fourth-order valence-electron chi connectivity index (χ4n) is 3.23. The second-order valence-electron chi connectivity index (χ2n) is 5.56. The van der Waals surface area contributed by atoms with Gasteiger partial charge in [0.1, 0.15) is 5.54 Å². The summed E-state index contributed by atoms with van der Waals surface area (Å²) in [7, 11) is 3.36. The summed E-state index contributed by atoms with van der Waals surface area (Å²) in [6.07, 6.45) is 6.49. The molecule has 0 bridgehead atoms. The maximum absolute atomic E-state index is 12.1. The highest BCUT2D eigenvalue weighted by molar-refractivity contribution is 5.81. The smallest absolute Gasteiger partial charge is 0.326 e. The average molecular weight is 270 g/mol. The van der Waals surface area contributed by atoms with Crippen molar-refractivity contribution < 1.29 is 9.53 Å². The minimum absolute atomic E-state index is 0.105. The first-order valence-corrected chi connectivity index (χ1v) is 7.64. The summed E-state index contributed by atoms with van der Waals surface area (Å²) in [6.45, 7) is 6.63. The molecule has 0 aromatic rings. The summed E-state index contributed by atoms with van der Waals surface area (Å²) in [5, 5.41) is 3.23. The van der Waals surface area contributed by atoms with E-state index in [1.54, 1.807) is 0 Å². The summed E-state index contributed by atoms with van der Waals surface area (Å²) in [5.41, 5.74) is -0.475. The van der Waals surface area contributed by atoms with E-state index < -0.39 is 5.54 Å². The number of nitrogens with zero attached hydrogens (tertiary/aromatic N) is 1. The van der Waals surface area contributed by atoms with E-state index in [0.717, 1.165) is 32.4 Å². The molecule has 1 N–H and O–H groups in total. The van der Waals surface area contributed by atoms with Gasteiger partial charge in [0.05, 0.1) is 7.11 Å². The van der Waals surface area contributed by atoms with Crippen LogP contribution in [0.1, 0.15) is 52.4 Å². The number of esters is 1. The van der Waals surface area contributed by atoms with Gasteiger partial charge in [-0.15, -0.1) is 0 Å². The molecule has 0 aromatic heterocycles. The number of rotatable bonds is 7. The van der Waals surface area contributed by atoms with Crippen LogP contribution >= 0.6 is 0 Å². The molecule has 1 fully saturated rings. The van der Waals surface area contributed by atoms with Gasteiger partial charge in [0, 0.05) is 6.04 Å². The van der Waals surface area contributed by atoms with Crippen LogP contribution in [0.3, 0.4) is 0 Å². The molecule has 1 aliphatic carbocycles. The van der Waals surface area contributed by atoms with Gasteiger partial charge in [-0.25, -0.2) is 0 Å². The van der Waals surface area contributed by atoms with Crippen LogP contribution in [0, 0.1) is 0 Å². The SMILES string of the molecule is CCCCN(CC)C1CCCC(NC)(C(=O)OC)C1. The lowest BCUT2D eigenvalue weighted by Crippen LogP contribution is -2.57. The molecule has 4 heteroatoms. The van der Waals surface area contributed by atoms with Gasteiger partial charge in [0.15, 0.2) is 0 Å². The first kappa shape index (κ1) is 16.4. The molecule has 0 aromatic carbocycles. The fraction of sp³-hybridized carbons (Fsp3) is 0.933. The molecule has 1 aliphatic rings. The molecule has 1 rings (SSSR count). The van der Waals surface area contributed by atoms with Crippen molar-refractivity contribution in [3.05, 3.63) is 0 Å². The van der Waals surface area contributed by atoms with Crippen molar-refractivity contribution in [3.63, 3.8) is 0 Å². The van der Waals surface area contributed by atoms with Gasteiger partial charge >= 0.3 is 5.97 Å². The van der Waals surface area contributed by atoms with Crippen LogP contribution in [-0.4, -0.2) is 49.7 Å². The number of hydrogen-bond donors (Lipinski definition) is 1. The summed E-state index contributed by atoms with van der Waals surface area (Å²) < 4.78 is 5.01. The molecule has 0 spiro atoms. The normalized spacial score (nSPS) is 27.5. The minimum atomic E-state index is -0.475. The first-order valence-electron chi connectivity index (χ1n) is 7.64. The molecule has 0 heterocycles. The summed E-state index contributed by atoms with van der Waals surface area (Å²) >= 11 is 0. The predicted molar refractivity (Wildman–Crippen MR) is 78.2 cm³/mol. The number of carbonyl (C=O) groups is 1. The Bertz CT molecular complexity index is 283. The average Bonchev–Trinajstić information content (AvgIpc) is 2.47. The van der Waals surface area contributed by atoms with Crippen molar-refractivity contribution in [2.24, 2.45) is 0 Å². The van der Waals surface area contributed by atoms with Gasteiger partial charge in [-0.2, -0.15) is 0 Å². The van der Waals surface area contributed by atoms with E-state index >= 15 is 0 Å². The summed E-state index contributed by atoms with van der Waals surface area (Å²) in [6, 6.07) is 0.497. The molecule has 0 amide bonds. The van der Waals surface area contributed by atoms with Crippen LogP contribution in [0.4, 0.5) is 0 Å². The highest BCUT2D eigenvalue weighted by atomic mass is 16.5. The van der Waals surface area contributed by atoms with Gasteiger partial charge in [-0.1, -0.05) is 20.3 Å². The maximum atomic E-state index is 12.1. The van der Waals surface area contributed by atoms with Crippen molar-refractivity contribution in [3.8, 4) is 0 Å². The Balaban J connectivity index is 2.73. The number of carbonyl (C=O) groups excluding carboxylic acids is 1. The number of nitrogens with one attached hydrogen (secondary N) is 1. The van der Waals surface area contributed by atoms with Gasteiger partial charge in [0.25, 0.3) is 0 Å². The Morgan fingerprint density at radius 1 is 1.47 bits per heavy atom. The standard InChI is InChI=1S/C15H30N2O2/c1-5-7-11-17(6-2)13-9-8-10-15(12-13,16-3)14(18)19-4/h13,16H,5-12H2,1-4H3. The monoisotopic (exact) mass is 270 g/mol. The second kappa shape index (κ2) is 7.85. The van der Waals surface area contributed by atoms with Crippen LogP contribution in [0.25, 0.3) is 0 Å². The number of unbranched alkanes of at least 4 members (excludes halogenated alkanes) is 1. The van der Waals surface area contributed by atoms with Crippen molar-refractivity contribution in [2.75, 3.05) is 27.2 Å². The Labute approximate surface area is 117 Å². The van der Waals surface area contributed by atoms with Crippen LogP contribution in [0.2, 0.25) is 0 Å². The molecule has 112 valence electrons. The van der Waals surface area contributed by atoms with Crippen LogP contribution in [0.15, 0.2) is 0 Å². The third-order valence-corrected chi connectivity index (χ3v) is 4.50. The van der Waals surface area contributed by atoms with Gasteiger partial charge in [-0.3, -0.25) is 4.79 Å². The second-order valence-corrected chi connectivity index (χ2v) is 5.56. The van der Waals surface area contributed by atoms with Crippen molar-refractivity contribution >= 4 is 5.97 Å². The molecule has 4 nitrogen and oxygen atoms in total. The Hall–Kier alpha value is -0.610. The van der Waals surface area contributed by atoms with Gasteiger partial charge < -0.3 is 15.0 Å². The Kier molecular flexibility index (Phi) is 6.80. The number of methoxy groups -OCH3 is 1. The van der Waals surface area contributed by atoms with E-state index in [9.17, 15) is 4.79 Å². The fourth-order valence-corrected chi connectivity index (χ4v) is 3.23. The predicted octanol–water partition coefficient (Wildman–Crippen LogP) is 2.18. The molecular weight excluding hydrogens is 240 g/mol. The van der Waals surface area contributed by atoms with E-state index in [-0.39, 0.29) is 5.97 Å². The molecular formula is C15H30N2O2. The van der Waals surface area contributed by atoms with Crippen LogP contribution in [-0.2, 0) is 9.53 Å². The van der Waals surface area contributed by atoms with Crippen molar-refractivity contribution in [1.29, 1.82) is 0 Å². The van der Waals surface area contributed by atoms with Gasteiger partial charge in [0.2, 0.25) is 0 Å². The van der Waals surface area contributed by atoms with E-state index in [4.69, 9.17) is 4.74 Å². The zero-order valence-corrected chi connectivity index (χ0v) is 13.0. The van der Waals surface area contributed by atoms with Crippen LogP contribution in [0.5, 0.6) is 0 Å². The summed E-state index contributed by atoms with van der Waals surface area (Å²) in [5.74, 6) is -0.105. The molecule has 1 saturated carbocycles. The van der Waals surface area contributed by atoms with E-state index in [0.29, 0.717) is 6.04 Å². The third-order valence-electron chi connectivity index (χ3n) is 4.50. The Morgan fingerprint density at radius 3 is 2.74 bits per heavy atom. The lowest BCUT2D eigenvalue weighted by atomic mass is 9.78. The van der Waals surface area contributed by atoms with Gasteiger partial charge in [-0.05, 0) is 52.2 Å². The highest BCUT2D eigenvalue weighted by Crippen LogP contribution is 2.32. The van der Waals surface area contributed by atoms with Crippen molar-refractivity contribution in [2.45, 2.75) is 64.0 Å². The van der Waals surface area contributed by atoms with Crippen molar-refractivity contribution in [1.82, 2.24) is 10.2 Å². The maximum Gasteiger partial charge on any atom is 0.326 e. The molecule has 0 saturated heterocycles. The van der Waals surface area contributed by atoms with Crippen LogP contribution < -0.4 is 5.32 Å². The lowest BCUT2D eigenvalue weighted by molar-refractivity contribution is -0.151. The molecule has 19 heavy (non-hydrogen) atoms. The zero-order valence-electron chi connectivity index (χ0n) is 13.0. The third kappa shape index (κ3) is 3.93. The Morgan fingerprint density at radius 2 is 2.21 bits per heavy atom. The molecule has 2 atom stereocenters. The molecule has 0 aliphatic heterocycles. The zero-order chi connectivity index (χ0) is 14.3. The highest BCUT2D eigenvalue weighted by Gasteiger charge is 2.43. The number of likely N-dealkylation sites (N-methyl/N-ethyl adjacent to an activating group) is 1. The molecule has 2 unspecified atom stereocenters. The first-order chi connectivity index (χ1) is 9.13. The molecule has 0 radical (unpaired) electrons. The van der Waals surface area contributed by atoms with E-state index in [1.165, 1.54) is 26.4 Å². The number of ether oxygens (including phenoxy) is 1. The summed E-state index contributed by atoms with van der Waals surface area (Å²) in [4.78, 5) is 14.6. The number of hydrogen-bond acceptors (Lipinski definition) is 4. The topological polar surface area (TPSA) is 41.6 Å². The lowest BCUT2D eigenvalue weighted by Gasteiger charge is -2.42. The largest absolute Gasteiger partial charge is 0.468 e.